The molecule has 0 radical (unpaired) electrons. The van der Waals surface area contributed by atoms with Crippen LogP contribution in [0.3, 0.4) is 0 Å². The first-order valence-corrected chi connectivity index (χ1v) is 7.22. The molecule has 2 N–H and O–H groups in total. The number of nitrogens with one attached hydrogen (secondary N) is 2. The van der Waals surface area contributed by atoms with E-state index in [9.17, 15) is 4.79 Å². The summed E-state index contributed by atoms with van der Waals surface area (Å²) in [6.45, 7) is 1.80. The number of hydrogen-bond acceptors (Lipinski definition) is 5. The van der Waals surface area contributed by atoms with Crippen molar-refractivity contribution < 1.29 is 9.32 Å². The summed E-state index contributed by atoms with van der Waals surface area (Å²) in [4.78, 5) is 16.3. The first kappa shape index (κ1) is 15.1. The van der Waals surface area contributed by atoms with Gasteiger partial charge in [0.25, 0.3) is 5.91 Å². The number of aryl methyl sites for hydroxylation is 1. The lowest BCUT2D eigenvalue weighted by molar-refractivity contribution is 0.102. The van der Waals surface area contributed by atoms with E-state index in [0.29, 0.717) is 28.0 Å². The summed E-state index contributed by atoms with van der Waals surface area (Å²) in [7, 11) is 0. The fourth-order valence-electron chi connectivity index (χ4n) is 1.92. The van der Waals surface area contributed by atoms with E-state index in [2.05, 4.69) is 20.8 Å². The second-order valence-electron chi connectivity index (χ2n) is 4.81. The van der Waals surface area contributed by atoms with Crippen LogP contribution in [0.2, 0.25) is 5.02 Å². The number of anilines is 3. The topological polar surface area (TPSA) is 80.0 Å². The Bertz CT molecular complexity index is 830. The third-order valence-electron chi connectivity index (χ3n) is 3.02. The zero-order valence-corrected chi connectivity index (χ0v) is 13.0. The first-order valence-electron chi connectivity index (χ1n) is 6.84. The summed E-state index contributed by atoms with van der Waals surface area (Å²) in [6, 6.07) is 12.1. The number of carbonyl (C=O) groups is 1. The number of pyridine rings is 1. The zero-order valence-electron chi connectivity index (χ0n) is 12.2. The van der Waals surface area contributed by atoms with Crippen molar-refractivity contribution >= 4 is 34.7 Å². The van der Waals surface area contributed by atoms with Gasteiger partial charge in [-0.1, -0.05) is 28.9 Å². The van der Waals surface area contributed by atoms with Crippen LogP contribution in [0.15, 0.2) is 53.2 Å². The molecule has 1 aromatic carbocycles. The summed E-state index contributed by atoms with van der Waals surface area (Å²) in [5.41, 5.74) is 1.53. The second kappa shape index (κ2) is 6.50. The molecule has 0 saturated heterocycles. The van der Waals surface area contributed by atoms with Crippen LogP contribution in [-0.4, -0.2) is 16.0 Å². The van der Waals surface area contributed by atoms with Gasteiger partial charge in [-0.3, -0.25) is 4.79 Å². The van der Waals surface area contributed by atoms with E-state index in [0.717, 1.165) is 0 Å². The number of aromatic nitrogens is 2. The predicted octanol–water partition coefficient (Wildman–Crippen LogP) is 4.03. The van der Waals surface area contributed by atoms with Gasteiger partial charge in [0.15, 0.2) is 5.82 Å². The van der Waals surface area contributed by atoms with Gasteiger partial charge in [0.1, 0.15) is 11.5 Å². The summed E-state index contributed by atoms with van der Waals surface area (Å²) < 4.78 is 4.97. The molecular weight excluding hydrogens is 316 g/mol. The van der Waals surface area contributed by atoms with Gasteiger partial charge in [0.2, 0.25) is 0 Å². The second-order valence-corrected chi connectivity index (χ2v) is 5.22. The Kier molecular flexibility index (Phi) is 4.25. The summed E-state index contributed by atoms with van der Waals surface area (Å²) in [5.74, 6) is 0.954. The number of halogens is 1. The van der Waals surface area contributed by atoms with E-state index in [1.54, 1.807) is 55.6 Å². The van der Waals surface area contributed by atoms with Crippen LogP contribution in [0.4, 0.5) is 17.2 Å². The molecular formula is C16H13ClN4O2. The Morgan fingerprint density at radius 2 is 2.04 bits per heavy atom. The van der Waals surface area contributed by atoms with Crippen molar-refractivity contribution in [2.45, 2.75) is 6.92 Å². The molecule has 0 aliphatic carbocycles. The molecule has 0 aliphatic heterocycles. The van der Waals surface area contributed by atoms with Crippen LogP contribution in [0, 0.1) is 6.92 Å². The van der Waals surface area contributed by atoms with E-state index < -0.39 is 0 Å². The molecule has 0 fully saturated rings. The van der Waals surface area contributed by atoms with Gasteiger partial charge in [0.05, 0.1) is 22.6 Å². The molecule has 0 atom stereocenters. The predicted molar refractivity (Wildman–Crippen MR) is 88.2 cm³/mol. The maximum absolute atomic E-state index is 12.2. The van der Waals surface area contributed by atoms with E-state index in [4.69, 9.17) is 16.1 Å². The maximum Gasteiger partial charge on any atom is 0.274 e. The van der Waals surface area contributed by atoms with Crippen LogP contribution in [0.25, 0.3) is 0 Å². The highest BCUT2D eigenvalue weighted by Crippen LogP contribution is 2.21. The number of rotatable bonds is 4. The minimum Gasteiger partial charge on any atom is -0.360 e. The molecule has 23 heavy (non-hydrogen) atoms. The molecule has 0 saturated carbocycles. The van der Waals surface area contributed by atoms with Crippen molar-refractivity contribution in [3.63, 3.8) is 0 Å². The minimum absolute atomic E-state index is 0.284. The van der Waals surface area contributed by atoms with Gasteiger partial charge in [0, 0.05) is 6.07 Å². The Morgan fingerprint density at radius 3 is 2.70 bits per heavy atom. The Hall–Kier alpha value is -2.86. The molecule has 0 bridgehead atoms. The molecule has 3 rings (SSSR count). The molecule has 116 valence electrons. The van der Waals surface area contributed by atoms with Crippen molar-refractivity contribution in [1.82, 2.24) is 10.1 Å². The Morgan fingerprint density at radius 1 is 1.22 bits per heavy atom. The highest BCUT2D eigenvalue weighted by molar-refractivity contribution is 6.33. The van der Waals surface area contributed by atoms with E-state index >= 15 is 0 Å². The lowest BCUT2D eigenvalue weighted by Crippen LogP contribution is -2.13. The van der Waals surface area contributed by atoms with E-state index in [1.165, 1.54) is 0 Å². The summed E-state index contributed by atoms with van der Waals surface area (Å²) in [5, 5.41) is 10.0. The minimum atomic E-state index is -0.332. The third kappa shape index (κ3) is 3.67. The summed E-state index contributed by atoms with van der Waals surface area (Å²) in [6.07, 6.45) is 1.55. The number of para-hydroxylation sites is 1. The lowest BCUT2D eigenvalue weighted by atomic mass is 10.3. The number of amides is 1. The molecule has 6 nitrogen and oxygen atoms in total. The quantitative estimate of drug-likeness (QED) is 0.756. The third-order valence-corrected chi connectivity index (χ3v) is 3.35. The maximum atomic E-state index is 12.2. The molecule has 0 unspecified atom stereocenters. The fourth-order valence-corrected chi connectivity index (χ4v) is 2.11. The first-order chi connectivity index (χ1) is 11.1. The van der Waals surface area contributed by atoms with Gasteiger partial charge in [-0.2, -0.15) is 0 Å². The Labute approximate surface area is 137 Å². The Balaban J connectivity index is 1.69. The average molecular weight is 329 g/mol. The normalized spacial score (nSPS) is 10.3. The van der Waals surface area contributed by atoms with Crippen molar-refractivity contribution in [2.24, 2.45) is 0 Å². The van der Waals surface area contributed by atoms with Crippen LogP contribution in [0.1, 0.15) is 16.2 Å². The SMILES string of the molecule is Cc1cc(Nc2ccc(C(=O)Nc3ccccc3Cl)nc2)no1. The molecule has 3 aromatic rings. The van der Waals surface area contributed by atoms with Crippen LogP contribution in [-0.2, 0) is 0 Å². The summed E-state index contributed by atoms with van der Waals surface area (Å²) >= 11 is 6.01. The fraction of sp³-hybridized carbons (Fsp3) is 0.0625. The number of nitrogens with zero attached hydrogens (tertiary/aromatic N) is 2. The van der Waals surface area contributed by atoms with Gasteiger partial charge in [-0.25, -0.2) is 4.98 Å². The smallest absolute Gasteiger partial charge is 0.274 e. The molecule has 0 spiro atoms. The largest absolute Gasteiger partial charge is 0.360 e. The highest BCUT2D eigenvalue weighted by atomic mass is 35.5. The average Bonchev–Trinajstić information content (AvgIpc) is 2.95. The van der Waals surface area contributed by atoms with Crippen LogP contribution in [0.5, 0.6) is 0 Å². The highest BCUT2D eigenvalue weighted by Gasteiger charge is 2.10. The van der Waals surface area contributed by atoms with Crippen molar-refractivity contribution in [1.29, 1.82) is 0 Å². The van der Waals surface area contributed by atoms with Crippen LogP contribution >= 0.6 is 11.6 Å². The van der Waals surface area contributed by atoms with Gasteiger partial charge >= 0.3 is 0 Å². The monoisotopic (exact) mass is 328 g/mol. The number of benzene rings is 1. The molecule has 0 aliphatic rings. The van der Waals surface area contributed by atoms with Gasteiger partial charge in [-0.05, 0) is 31.2 Å². The van der Waals surface area contributed by atoms with Gasteiger partial charge < -0.3 is 15.2 Å². The number of hydrogen-bond donors (Lipinski definition) is 2. The van der Waals surface area contributed by atoms with Crippen molar-refractivity contribution in [2.75, 3.05) is 10.6 Å². The van der Waals surface area contributed by atoms with Crippen molar-refractivity contribution in [3.05, 3.63) is 65.1 Å². The molecule has 2 heterocycles. The zero-order chi connectivity index (χ0) is 16.2. The van der Waals surface area contributed by atoms with E-state index in [-0.39, 0.29) is 11.6 Å². The lowest BCUT2D eigenvalue weighted by Gasteiger charge is -2.07. The van der Waals surface area contributed by atoms with Crippen molar-refractivity contribution in [3.8, 4) is 0 Å². The number of carbonyl (C=O) groups excluding carboxylic acids is 1. The molecule has 1 amide bonds. The van der Waals surface area contributed by atoms with Gasteiger partial charge in [-0.15, -0.1) is 0 Å². The molecule has 7 heteroatoms. The van der Waals surface area contributed by atoms with E-state index in [1.807, 2.05) is 0 Å². The standard InChI is InChI=1S/C16H13ClN4O2/c1-10-8-15(21-23-10)19-11-6-7-14(18-9-11)16(22)20-13-5-3-2-4-12(13)17/h2-9H,1H3,(H,19,21)(H,20,22). The molecule has 2 aromatic heterocycles. The van der Waals surface area contributed by atoms with Crippen LogP contribution < -0.4 is 10.6 Å².